The van der Waals surface area contributed by atoms with Crippen molar-refractivity contribution >= 4 is 11.4 Å². The van der Waals surface area contributed by atoms with Crippen LogP contribution in [0.25, 0.3) is 0 Å². The summed E-state index contributed by atoms with van der Waals surface area (Å²) in [7, 11) is 0. The van der Waals surface area contributed by atoms with E-state index in [1.54, 1.807) is 12.1 Å². The van der Waals surface area contributed by atoms with Gasteiger partial charge in [0.1, 0.15) is 0 Å². The molecule has 0 aromatic heterocycles. The van der Waals surface area contributed by atoms with E-state index in [1.165, 1.54) is 0 Å². The van der Waals surface area contributed by atoms with Crippen molar-refractivity contribution in [3.8, 4) is 0 Å². The Labute approximate surface area is 119 Å². The fourth-order valence-electron chi connectivity index (χ4n) is 1.97. The summed E-state index contributed by atoms with van der Waals surface area (Å²) in [6.07, 6.45) is 4.59. The van der Waals surface area contributed by atoms with Gasteiger partial charge in [0.25, 0.3) is 0 Å². The van der Waals surface area contributed by atoms with Crippen molar-refractivity contribution in [2.45, 2.75) is 39.5 Å². The van der Waals surface area contributed by atoms with E-state index < -0.39 is 0 Å². The van der Waals surface area contributed by atoms with Gasteiger partial charge in [0.2, 0.25) is 0 Å². The molecule has 1 aromatic rings. The van der Waals surface area contributed by atoms with Gasteiger partial charge in [0.15, 0.2) is 0 Å². The number of unbranched alkanes of at least 4 members (excludes halogenated alkanes) is 2. The molecule has 0 heterocycles. The molecule has 0 aliphatic heterocycles. The van der Waals surface area contributed by atoms with E-state index in [0.29, 0.717) is 10.8 Å². The molecule has 0 bridgehead atoms. The van der Waals surface area contributed by atoms with Crippen molar-refractivity contribution in [3.05, 3.63) is 34.1 Å². The highest BCUT2D eigenvalue weighted by atomic mass is 16.4. The summed E-state index contributed by atoms with van der Waals surface area (Å²) in [5, 5.41) is 5.62. The molecule has 110 valence electrons. The van der Waals surface area contributed by atoms with Crippen LogP contribution in [-0.4, -0.2) is 13.1 Å². The zero-order chi connectivity index (χ0) is 14.8. The summed E-state index contributed by atoms with van der Waals surface area (Å²) in [6, 6.07) is 7.15. The van der Waals surface area contributed by atoms with Gasteiger partial charge in [-0.1, -0.05) is 31.8 Å². The Bertz CT molecular complexity index is 392. The molecule has 0 aliphatic rings. The van der Waals surface area contributed by atoms with E-state index in [9.17, 15) is 9.81 Å². The Kier molecular flexibility index (Phi) is 7.24. The zero-order valence-electron chi connectivity index (χ0n) is 12.2. The number of nitroso groups, excluding NO2 is 2. The summed E-state index contributed by atoms with van der Waals surface area (Å²) in [4.78, 5) is 23.1. The third-order valence-corrected chi connectivity index (χ3v) is 3.16. The van der Waals surface area contributed by atoms with Gasteiger partial charge in [-0.3, -0.25) is 0 Å². The van der Waals surface area contributed by atoms with Crippen LogP contribution in [-0.2, 0) is 0 Å². The largest absolute Gasteiger partial charge is 0.372 e. The Morgan fingerprint density at radius 1 is 0.850 bits per heavy atom. The predicted molar refractivity (Wildman–Crippen MR) is 82.5 cm³/mol. The average Bonchev–Trinajstić information content (AvgIpc) is 2.50. The number of hydrogen-bond acceptors (Lipinski definition) is 5. The van der Waals surface area contributed by atoms with Gasteiger partial charge in [0, 0.05) is 18.8 Å². The third-order valence-electron chi connectivity index (χ3n) is 3.16. The second-order valence-corrected chi connectivity index (χ2v) is 4.66. The quantitative estimate of drug-likeness (QED) is 0.473. The summed E-state index contributed by atoms with van der Waals surface area (Å²) < 4.78 is 0. The second kappa shape index (κ2) is 9.01. The SMILES string of the molecule is CCCCN(CCCC)c1ccc(N(N=O)N=O)cc1. The van der Waals surface area contributed by atoms with Gasteiger partial charge in [0.05, 0.1) is 16.3 Å². The Morgan fingerprint density at radius 2 is 1.30 bits per heavy atom. The maximum atomic E-state index is 10.4. The highest BCUT2D eigenvalue weighted by Crippen LogP contribution is 2.22. The molecule has 6 heteroatoms. The molecular formula is C14H22N4O2. The fourth-order valence-corrected chi connectivity index (χ4v) is 1.97. The fraction of sp³-hybridized carbons (Fsp3) is 0.571. The van der Waals surface area contributed by atoms with Crippen molar-refractivity contribution < 1.29 is 0 Å². The molecule has 6 nitrogen and oxygen atoms in total. The molecule has 0 saturated heterocycles. The van der Waals surface area contributed by atoms with Crippen LogP contribution in [0.4, 0.5) is 11.4 Å². The van der Waals surface area contributed by atoms with Crippen molar-refractivity contribution in [1.29, 1.82) is 0 Å². The molecule has 0 fully saturated rings. The van der Waals surface area contributed by atoms with Crippen LogP contribution in [0.3, 0.4) is 0 Å². The lowest BCUT2D eigenvalue weighted by Crippen LogP contribution is -2.25. The topological polar surface area (TPSA) is 65.3 Å². The average molecular weight is 278 g/mol. The number of anilines is 2. The molecule has 20 heavy (non-hydrogen) atoms. The van der Waals surface area contributed by atoms with Crippen LogP contribution in [0.15, 0.2) is 34.8 Å². The lowest BCUT2D eigenvalue weighted by atomic mass is 10.2. The molecular weight excluding hydrogens is 256 g/mol. The molecule has 0 saturated carbocycles. The van der Waals surface area contributed by atoms with Crippen LogP contribution < -0.4 is 10.0 Å². The molecule has 0 aliphatic carbocycles. The molecule has 0 atom stereocenters. The second-order valence-electron chi connectivity index (χ2n) is 4.66. The smallest absolute Gasteiger partial charge is 0.0924 e. The van der Waals surface area contributed by atoms with Crippen LogP contribution in [0, 0.1) is 9.81 Å². The van der Waals surface area contributed by atoms with Gasteiger partial charge >= 0.3 is 0 Å². The normalized spacial score (nSPS) is 10.1. The Morgan fingerprint density at radius 3 is 1.70 bits per heavy atom. The van der Waals surface area contributed by atoms with Crippen molar-refractivity contribution in [2.75, 3.05) is 23.1 Å². The number of rotatable bonds is 10. The third kappa shape index (κ3) is 4.60. The minimum Gasteiger partial charge on any atom is -0.372 e. The van der Waals surface area contributed by atoms with Crippen molar-refractivity contribution in [3.63, 3.8) is 0 Å². The van der Waals surface area contributed by atoms with Crippen molar-refractivity contribution in [2.24, 2.45) is 10.6 Å². The van der Waals surface area contributed by atoms with Crippen LogP contribution in [0.1, 0.15) is 39.5 Å². The van der Waals surface area contributed by atoms with E-state index in [1.807, 2.05) is 12.1 Å². The highest BCUT2D eigenvalue weighted by Gasteiger charge is 2.09. The minimum absolute atomic E-state index is 0.379. The Balaban J connectivity index is 2.80. The number of hydrogen-bond donors (Lipinski definition) is 0. The summed E-state index contributed by atoms with van der Waals surface area (Å²) >= 11 is 0. The van der Waals surface area contributed by atoms with E-state index in [-0.39, 0.29) is 0 Å². The Hall–Kier alpha value is -1.98. The lowest BCUT2D eigenvalue weighted by Gasteiger charge is -2.25. The first-order chi connectivity index (χ1) is 9.76. The highest BCUT2D eigenvalue weighted by molar-refractivity contribution is 5.55. The first kappa shape index (κ1) is 16.1. The number of benzene rings is 1. The van der Waals surface area contributed by atoms with Gasteiger partial charge in [-0.2, -0.15) is 0 Å². The summed E-state index contributed by atoms with van der Waals surface area (Å²) in [5.74, 6) is 0. The number of nitrogens with zero attached hydrogens (tertiary/aromatic N) is 4. The van der Waals surface area contributed by atoms with Crippen molar-refractivity contribution in [1.82, 2.24) is 0 Å². The molecule has 0 radical (unpaired) electrons. The maximum absolute atomic E-state index is 10.4. The first-order valence-corrected chi connectivity index (χ1v) is 7.08. The molecule has 0 N–H and O–H groups in total. The monoisotopic (exact) mass is 278 g/mol. The van der Waals surface area contributed by atoms with Gasteiger partial charge in [-0.05, 0) is 37.1 Å². The van der Waals surface area contributed by atoms with E-state index in [0.717, 1.165) is 44.5 Å². The van der Waals surface area contributed by atoms with Gasteiger partial charge in [-0.25, -0.2) is 0 Å². The van der Waals surface area contributed by atoms with Crippen LogP contribution in [0.2, 0.25) is 0 Å². The van der Waals surface area contributed by atoms with Gasteiger partial charge < -0.3 is 4.90 Å². The lowest BCUT2D eigenvalue weighted by molar-refractivity contribution is 0.678. The standard InChI is InChI=1S/C14H22N4O2/c1-3-5-11-17(12-6-4-2)13-7-9-14(10-8-13)18(15-19)16-20/h7-10H,3-6,11-12H2,1-2H3. The predicted octanol–water partition coefficient (Wildman–Crippen LogP) is 4.26. The van der Waals surface area contributed by atoms with E-state index in [2.05, 4.69) is 29.3 Å². The molecule has 1 rings (SSSR count). The zero-order valence-corrected chi connectivity index (χ0v) is 12.2. The van der Waals surface area contributed by atoms with E-state index >= 15 is 0 Å². The van der Waals surface area contributed by atoms with Crippen LogP contribution >= 0.6 is 0 Å². The molecule has 0 spiro atoms. The summed E-state index contributed by atoms with van der Waals surface area (Å²) in [6.45, 7) is 6.36. The first-order valence-electron chi connectivity index (χ1n) is 7.08. The maximum Gasteiger partial charge on any atom is 0.0924 e. The molecule has 0 unspecified atom stereocenters. The molecule has 0 amide bonds. The van der Waals surface area contributed by atoms with E-state index in [4.69, 9.17) is 0 Å². The van der Waals surface area contributed by atoms with Gasteiger partial charge in [-0.15, -0.1) is 9.81 Å². The van der Waals surface area contributed by atoms with Crippen LogP contribution in [0.5, 0.6) is 0 Å². The minimum atomic E-state index is 0.379. The summed E-state index contributed by atoms with van der Waals surface area (Å²) in [5.41, 5.74) is 1.47. The molecule has 1 aromatic carbocycles.